The number of rotatable bonds is 6. The smallest absolute Gasteiger partial charge is 0.222 e. The van der Waals surface area contributed by atoms with E-state index in [0.29, 0.717) is 11.9 Å². The summed E-state index contributed by atoms with van der Waals surface area (Å²) in [7, 11) is 0. The number of nitrogens with one attached hydrogen (secondary N) is 1. The molecule has 3 aliphatic rings. The van der Waals surface area contributed by atoms with Crippen LogP contribution in [-0.4, -0.2) is 54.5 Å². The predicted octanol–water partition coefficient (Wildman–Crippen LogP) is 3.73. The molecule has 28 heavy (non-hydrogen) atoms. The molecule has 1 aromatic rings. The molecule has 158 valence electrons. The van der Waals surface area contributed by atoms with Gasteiger partial charge in [-0.25, -0.2) is 0 Å². The van der Waals surface area contributed by atoms with E-state index in [1.54, 1.807) is 0 Å². The zero-order chi connectivity index (χ0) is 17.8. The van der Waals surface area contributed by atoms with Gasteiger partial charge in [0.1, 0.15) is 0 Å². The predicted molar refractivity (Wildman–Crippen MR) is 119 cm³/mol. The van der Waals surface area contributed by atoms with Gasteiger partial charge in [-0.3, -0.25) is 9.69 Å². The van der Waals surface area contributed by atoms with Crippen molar-refractivity contribution in [2.45, 2.75) is 51.1 Å². The molecule has 3 atom stereocenters. The molecular formula is C22H35Cl2N3O. The average molecular weight is 428 g/mol. The van der Waals surface area contributed by atoms with E-state index < -0.39 is 0 Å². The molecule has 1 aromatic carbocycles. The van der Waals surface area contributed by atoms with Crippen molar-refractivity contribution in [1.29, 1.82) is 0 Å². The van der Waals surface area contributed by atoms with Crippen molar-refractivity contribution in [3.63, 3.8) is 0 Å². The van der Waals surface area contributed by atoms with Gasteiger partial charge in [0.05, 0.1) is 0 Å². The number of hydrogen-bond acceptors (Lipinski definition) is 3. The fourth-order valence-corrected chi connectivity index (χ4v) is 5.18. The lowest BCUT2D eigenvalue weighted by Gasteiger charge is -2.46. The van der Waals surface area contributed by atoms with Crippen LogP contribution in [0, 0.1) is 11.8 Å². The van der Waals surface area contributed by atoms with Gasteiger partial charge in [-0.2, -0.15) is 0 Å². The number of likely N-dealkylation sites (tertiary alicyclic amines) is 2. The monoisotopic (exact) mass is 427 g/mol. The average Bonchev–Trinajstić information content (AvgIpc) is 3.19. The zero-order valence-electron chi connectivity index (χ0n) is 16.7. The fraction of sp³-hybridized carbons (Fsp3) is 0.682. The Kier molecular flexibility index (Phi) is 9.55. The van der Waals surface area contributed by atoms with E-state index in [4.69, 9.17) is 0 Å². The largest absolute Gasteiger partial charge is 0.343 e. The maximum Gasteiger partial charge on any atom is 0.222 e. The first-order valence-corrected chi connectivity index (χ1v) is 10.6. The first-order chi connectivity index (χ1) is 12.8. The molecule has 3 saturated heterocycles. The Balaban J connectivity index is 0.00000140. The van der Waals surface area contributed by atoms with Crippen LogP contribution in [0.4, 0.5) is 0 Å². The van der Waals surface area contributed by atoms with Gasteiger partial charge in [0.25, 0.3) is 0 Å². The van der Waals surface area contributed by atoms with Gasteiger partial charge >= 0.3 is 0 Å². The van der Waals surface area contributed by atoms with Gasteiger partial charge in [0.2, 0.25) is 5.91 Å². The molecule has 0 aliphatic carbocycles. The van der Waals surface area contributed by atoms with Gasteiger partial charge in [-0.15, -0.1) is 24.8 Å². The molecule has 1 N–H and O–H groups in total. The van der Waals surface area contributed by atoms with E-state index >= 15 is 0 Å². The molecule has 0 spiro atoms. The summed E-state index contributed by atoms with van der Waals surface area (Å²) in [5, 5.41) is 3.80. The molecule has 3 heterocycles. The molecule has 4 nitrogen and oxygen atoms in total. The highest BCUT2D eigenvalue weighted by Gasteiger charge is 2.36. The van der Waals surface area contributed by atoms with Crippen molar-refractivity contribution in [1.82, 2.24) is 15.1 Å². The van der Waals surface area contributed by atoms with Crippen LogP contribution < -0.4 is 5.32 Å². The van der Waals surface area contributed by atoms with Crippen LogP contribution in [-0.2, 0) is 11.3 Å². The van der Waals surface area contributed by atoms with Crippen LogP contribution in [0.3, 0.4) is 0 Å². The summed E-state index contributed by atoms with van der Waals surface area (Å²) in [4.78, 5) is 17.0. The molecule has 6 heteroatoms. The standard InChI is InChI=1S/C22H33N3O.2ClH/c26-22(25-11-4-5-12-25)10-6-9-21-20-13-19(14-23-21)16-24(17-20)15-18-7-2-1-3-8-18;;/h1-3,7-8,19-21,23H,4-6,9-17H2;2*1H/t19?,20?,21-;;/m1../s1. The zero-order valence-corrected chi connectivity index (χ0v) is 18.4. The first kappa shape index (κ1) is 23.5. The third kappa shape index (κ3) is 6.09. The Morgan fingerprint density at radius 2 is 1.82 bits per heavy atom. The molecule has 1 amide bonds. The number of carbonyl (C=O) groups is 1. The van der Waals surface area contributed by atoms with Crippen LogP contribution in [0.25, 0.3) is 0 Å². The minimum absolute atomic E-state index is 0. The summed E-state index contributed by atoms with van der Waals surface area (Å²) in [5.74, 6) is 1.92. The summed E-state index contributed by atoms with van der Waals surface area (Å²) < 4.78 is 0. The maximum absolute atomic E-state index is 12.3. The van der Waals surface area contributed by atoms with Crippen LogP contribution >= 0.6 is 24.8 Å². The molecule has 0 radical (unpaired) electrons. The minimum Gasteiger partial charge on any atom is -0.343 e. The topological polar surface area (TPSA) is 35.6 Å². The minimum atomic E-state index is 0. The normalized spacial score (nSPS) is 27.0. The maximum atomic E-state index is 12.3. The lowest BCUT2D eigenvalue weighted by Crippen LogP contribution is -2.55. The number of benzene rings is 1. The second kappa shape index (κ2) is 11.4. The van der Waals surface area contributed by atoms with Gasteiger partial charge < -0.3 is 10.2 Å². The van der Waals surface area contributed by atoms with Crippen molar-refractivity contribution >= 4 is 30.7 Å². The Bertz CT molecular complexity index is 595. The number of carbonyl (C=O) groups excluding carboxylic acids is 1. The Hall–Kier alpha value is -0.810. The Labute approximate surface area is 182 Å². The van der Waals surface area contributed by atoms with E-state index in [0.717, 1.165) is 57.3 Å². The highest BCUT2D eigenvalue weighted by Crippen LogP contribution is 2.31. The molecule has 3 aliphatic heterocycles. The fourth-order valence-electron chi connectivity index (χ4n) is 5.18. The van der Waals surface area contributed by atoms with Crippen molar-refractivity contribution in [3.8, 4) is 0 Å². The summed E-state index contributed by atoms with van der Waals surface area (Å²) >= 11 is 0. The van der Waals surface area contributed by atoms with E-state index in [9.17, 15) is 4.79 Å². The van der Waals surface area contributed by atoms with Gasteiger partial charge in [-0.05, 0) is 56.0 Å². The number of piperidine rings is 2. The molecule has 0 saturated carbocycles. The SMILES string of the molecule is Cl.Cl.O=C(CCC[C@H]1NCC2CC1CN(Cc1ccccc1)C2)N1CCCC1. The third-order valence-electron chi connectivity index (χ3n) is 6.50. The Morgan fingerprint density at radius 1 is 1.07 bits per heavy atom. The van der Waals surface area contributed by atoms with E-state index in [2.05, 4.69) is 45.4 Å². The van der Waals surface area contributed by atoms with Crippen molar-refractivity contribution < 1.29 is 4.79 Å². The molecular weight excluding hydrogens is 393 g/mol. The third-order valence-corrected chi connectivity index (χ3v) is 6.50. The van der Waals surface area contributed by atoms with Crippen molar-refractivity contribution in [2.24, 2.45) is 11.8 Å². The lowest BCUT2D eigenvalue weighted by molar-refractivity contribution is -0.130. The summed E-state index contributed by atoms with van der Waals surface area (Å²) in [6, 6.07) is 11.5. The molecule has 0 aromatic heterocycles. The quantitative estimate of drug-likeness (QED) is 0.750. The van der Waals surface area contributed by atoms with Crippen LogP contribution in [0.5, 0.6) is 0 Å². The second-order valence-electron chi connectivity index (χ2n) is 8.54. The van der Waals surface area contributed by atoms with E-state index in [1.165, 1.54) is 37.9 Å². The summed E-state index contributed by atoms with van der Waals surface area (Å²) in [5.41, 5.74) is 1.42. The number of hydrogen-bond donors (Lipinski definition) is 1. The number of nitrogens with zero attached hydrogens (tertiary/aromatic N) is 2. The van der Waals surface area contributed by atoms with Crippen LogP contribution in [0.2, 0.25) is 0 Å². The molecule has 4 rings (SSSR count). The first-order valence-electron chi connectivity index (χ1n) is 10.6. The van der Waals surface area contributed by atoms with Gasteiger partial charge in [0, 0.05) is 45.2 Å². The highest BCUT2D eigenvalue weighted by atomic mass is 35.5. The van der Waals surface area contributed by atoms with E-state index in [-0.39, 0.29) is 24.8 Å². The number of halogens is 2. The molecule has 2 unspecified atom stereocenters. The molecule has 3 fully saturated rings. The van der Waals surface area contributed by atoms with E-state index in [1.807, 2.05) is 0 Å². The summed E-state index contributed by atoms with van der Waals surface area (Å²) in [6.07, 6.45) is 6.67. The van der Waals surface area contributed by atoms with Gasteiger partial charge in [-0.1, -0.05) is 30.3 Å². The lowest BCUT2D eigenvalue weighted by atomic mass is 9.79. The summed E-state index contributed by atoms with van der Waals surface area (Å²) in [6.45, 7) is 6.61. The molecule has 2 bridgehead atoms. The number of amides is 1. The Morgan fingerprint density at radius 3 is 2.57 bits per heavy atom. The van der Waals surface area contributed by atoms with Gasteiger partial charge in [0.15, 0.2) is 0 Å². The van der Waals surface area contributed by atoms with Crippen LogP contribution in [0.1, 0.15) is 44.1 Å². The van der Waals surface area contributed by atoms with Crippen molar-refractivity contribution in [2.75, 3.05) is 32.7 Å². The van der Waals surface area contributed by atoms with Crippen molar-refractivity contribution in [3.05, 3.63) is 35.9 Å². The highest BCUT2D eigenvalue weighted by molar-refractivity contribution is 5.85. The number of fused-ring (bicyclic) bond motifs is 2. The van der Waals surface area contributed by atoms with Crippen LogP contribution in [0.15, 0.2) is 30.3 Å². The second-order valence-corrected chi connectivity index (χ2v) is 8.54.